The van der Waals surface area contributed by atoms with E-state index < -0.39 is 24.0 Å². The fourth-order valence-corrected chi connectivity index (χ4v) is 2.84. The van der Waals surface area contributed by atoms with Crippen molar-refractivity contribution in [1.29, 1.82) is 0 Å². The molecule has 0 aliphatic heterocycles. The minimum atomic E-state index is -1.08. The van der Waals surface area contributed by atoms with Gasteiger partial charge in [-0.05, 0) is 24.6 Å². The number of aliphatic hydroxyl groups excluding tert-OH is 2. The van der Waals surface area contributed by atoms with Crippen molar-refractivity contribution < 1.29 is 10.2 Å². The van der Waals surface area contributed by atoms with Crippen molar-refractivity contribution in [1.82, 2.24) is 18.7 Å². The van der Waals surface area contributed by atoms with Gasteiger partial charge in [0.05, 0.1) is 19.3 Å². The monoisotopic (exact) mass is 359 g/mol. The highest BCUT2D eigenvalue weighted by Gasteiger charge is 2.21. The molecule has 1 atom stereocenters. The van der Waals surface area contributed by atoms with Crippen LogP contribution in [0.1, 0.15) is 5.56 Å². The Labute approximate surface area is 148 Å². The molecule has 0 saturated carbocycles. The van der Waals surface area contributed by atoms with Gasteiger partial charge in [-0.15, -0.1) is 0 Å². The topological polar surface area (TPSA) is 114 Å². The Bertz CT molecular complexity index is 1080. The number of fused-ring (bicyclic) bond motifs is 1. The Morgan fingerprint density at radius 1 is 1.23 bits per heavy atom. The summed E-state index contributed by atoms with van der Waals surface area (Å²) < 4.78 is 3.75. The number of rotatable bonds is 5. The van der Waals surface area contributed by atoms with Crippen LogP contribution in [0.5, 0.6) is 0 Å². The van der Waals surface area contributed by atoms with Crippen LogP contribution in [0, 0.1) is 6.92 Å². The molecule has 0 spiro atoms. The summed E-state index contributed by atoms with van der Waals surface area (Å²) in [5.41, 5.74) is 1.17. The normalized spacial score (nSPS) is 12.5. The lowest BCUT2D eigenvalue weighted by atomic mass is 10.2. The van der Waals surface area contributed by atoms with Gasteiger partial charge in [0.2, 0.25) is 5.95 Å². The third-order valence-electron chi connectivity index (χ3n) is 4.23. The van der Waals surface area contributed by atoms with Crippen molar-refractivity contribution in [2.75, 3.05) is 11.9 Å². The Morgan fingerprint density at radius 3 is 2.62 bits per heavy atom. The maximum atomic E-state index is 12.6. The molecule has 3 N–H and O–H groups in total. The van der Waals surface area contributed by atoms with Crippen molar-refractivity contribution in [3.05, 3.63) is 50.7 Å². The van der Waals surface area contributed by atoms with E-state index in [-0.39, 0.29) is 17.7 Å². The van der Waals surface area contributed by atoms with Crippen LogP contribution in [0.3, 0.4) is 0 Å². The Kier molecular flexibility index (Phi) is 4.66. The van der Waals surface area contributed by atoms with Crippen molar-refractivity contribution in [2.24, 2.45) is 14.1 Å². The van der Waals surface area contributed by atoms with Gasteiger partial charge in [0.1, 0.15) is 0 Å². The molecule has 9 heteroatoms. The maximum Gasteiger partial charge on any atom is 0.332 e. The van der Waals surface area contributed by atoms with Gasteiger partial charge in [-0.25, -0.2) is 4.79 Å². The summed E-state index contributed by atoms with van der Waals surface area (Å²) in [6.45, 7) is 1.44. The summed E-state index contributed by atoms with van der Waals surface area (Å²) >= 11 is 0. The molecular weight excluding hydrogens is 338 g/mol. The lowest BCUT2D eigenvalue weighted by Crippen LogP contribution is -2.38. The summed E-state index contributed by atoms with van der Waals surface area (Å²) in [4.78, 5) is 29.2. The molecule has 0 saturated heterocycles. The summed E-state index contributed by atoms with van der Waals surface area (Å²) in [6, 6.07) is 7.57. The van der Waals surface area contributed by atoms with Gasteiger partial charge in [0, 0.05) is 19.8 Å². The summed E-state index contributed by atoms with van der Waals surface area (Å²) in [5, 5.41) is 22.2. The van der Waals surface area contributed by atoms with Crippen molar-refractivity contribution in [3.8, 4) is 0 Å². The number of hydrogen-bond acceptors (Lipinski definition) is 6. The molecule has 26 heavy (non-hydrogen) atoms. The second-order valence-electron chi connectivity index (χ2n) is 6.25. The molecule has 0 bridgehead atoms. The molecule has 0 amide bonds. The van der Waals surface area contributed by atoms with E-state index in [0.717, 1.165) is 15.8 Å². The number of nitrogens with zero attached hydrogens (tertiary/aromatic N) is 4. The number of anilines is 2. The molecule has 3 rings (SSSR count). The second-order valence-corrected chi connectivity index (χ2v) is 6.25. The quantitative estimate of drug-likeness (QED) is 0.583. The molecule has 138 valence electrons. The Hall–Kier alpha value is -2.91. The number of imidazole rings is 1. The van der Waals surface area contributed by atoms with E-state index in [1.165, 1.54) is 23.2 Å². The van der Waals surface area contributed by atoms with Crippen LogP contribution in [0.15, 0.2) is 33.9 Å². The SMILES string of the molecule is Cc1cccc(Nc2nc3c(c(=O)n(C)c(=O)n3C)n2C[C@H](O)CO)c1. The molecular formula is C17H21N5O4. The summed E-state index contributed by atoms with van der Waals surface area (Å²) in [5.74, 6) is 0.302. The highest BCUT2D eigenvalue weighted by molar-refractivity contribution is 5.75. The smallest absolute Gasteiger partial charge is 0.332 e. The largest absolute Gasteiger partial charge is 0.394 e. The van der Waals surface area contributed by atoms with Crippen LogP contribution in [0.25, 0.3) is 11.2 Å². The van der Waals surface area contributed by atoms with Crippen molar-refractivity contribution in [3.63, 3.8) is 0 Å². The second kappa shape index (κ2) is 6.77. The molecule has 0 aliphatic rings. The average molecular weight is 359 g/mol. The minimum absolute atomic E-state index is 0.0470. The van der Waals surface area contributed by atoms with Crippen molar-refractivity contribution in [2.45, 2.75) is 19.6 Å². The first-order valence-electron chi connectivity index (χ1n) is 8.12. The highest BCUT2D eigenvalue weighted by atomic mass is 16.3. The standard InChI is InChI=1S/C17H21N5O4/c1-10-5-4-6-11(7-10)18-16-19-14-13(22(16)8-12(24)9-23)15(25)21(3)17(26)20(14)2/h4-7,12,23-24H,8-9H2,1-3H3,(H,18,19)/t12-/m0/s1. The molecule has 3 aromatic rings. The van der Waals surface area contributed by atoms with Crippen molar-refractivity contribution >= 4 is 22.8 Å². The fourth-order valence-electron chi connectivity index (χ4n) is 2.84. The van der Waals surface area contributed by atoms with Crippen LogP contribution in [0.2, 0.25) is 0 Å². The minimum Gasteiger partial charge on any atom is -0.394 e. The predicted octanol–water partition coefficient (Wildman–Crippen LogP) is -0.161. The van der Waals surface area contributed by atoms with E-state index in [1.807, 2.05) is 31.2 Å². The first-order valence-corrected chi connectivity index (χ1v) is 8.12. The third kappa shape index (κ3) is 3.02. The van der Waals surface area contributed by atoms with E-state index in [1.54, 1.807) is 0 Å². The number of hydrogen-bond donors (Lipinski definition) is 3. The zero-order valence-electron chi connectivity index (χ0n) is 14.8. The molecule has 0 radical (unpaired) electrons. The van der Waals surface area contributed by atoms with E-state index in [9.17, 15) is 19.8 Å². The van der Waals surface area contributed by atoms with Crippen LogP contribution in [-0.2, 0) is 20.6 Å². The van der Waals surface area contributed by atoms with Gasteiger partial charge in [-0.3, -0.25) is 13.9 Å². The van der Waals surface area contributed by atoms with Crippen LogP contribution in [0.4, 0.5) is 11.6 Å². The van der Waals surface area contributed by atoms with Gasteiger partial charge in [-0.2, -0.15) is 4.98 Å². The van der Waals surface area contributed by atoms with Crippen LogP contribution in [-0.4, -0.2) is 41.6 Å². The molecule has 2 aromatic heterocycles. The molecule has 2 heterocycles. The first kappa shape index (κ1) is 17.9. The summed E-state index contributed by atoms with van der Waals surface area (Å²) in [6.07, 6.45) is -1.08. The van der Waals surface area contributed by atoms with Gasteiger partial charge in [0.15, 0.2) is 11.2 Å². The number of nitrogens with one attached hydrogen (secondary N) is 1. The number of benzene rings is 1. The van der Waals surface area contributed by atoms with Gasteiger partial charge < -0.3 is 20.1 Å². The highest BCUT2D eigenvalue weighted by Crippen LogP contribution is 2.21. The van der Waals surface area contributed by atoms with Crippen LogP contribution < -0.4 is 16.6 Å². The van der Waals surface area contributed by atoms with Gasteiger partial charge >= 0.3 is 5.69 Å². The zero-order chi connectivity index (χ0) is 19.0. The maximum absolute atomic E-state index is 12.6. The number of aromatic nitrogens is 4. The lowest BCUT2D eigenvalue weighted by Gasteiger charge is -2.13. The molecule has 0 aliphatic carbocycles. The Morgan fingerprint density at radius 2 is 1.96 bits per heavy atom. The molecule has 1 aromatic carbocycles. The van der Waals surface area contributed by atoms with E-state index >= 15 is 0 Å². The fraction of sp³-hybridized carbons (Fsp3) is 0.353. The molecule has 9 nitrogen and oxygen atoms in total. The van der Waals surface area contributed by atoms with Crippen LogP contribution >= 0.6 is 0 Å². The summed E-state index contributed by atoms with van der Waals surface area (Å²) in [7, 11) is 2.91. The number of aryl methyl sites for hydroxylation is 2. The lowest BCUT2D eigenvalue weighted by molar-refractivity contribution is 0.0825. The number of aliphatic hydroxyl groups is 2. The van der Waals surface area contributed by atoms with E-state index in [2.05, 4.69) is 10.3 Å². The predicted molar refractivity (Wildman–Crippen MR) is 97.8 cm³/mol. The third-order valence-corrected chi connectivity index (χ3v) is 4.23. The zero-order valence-corrected chi connectivity index (χ0v) is 14.8. The van der Waals surface area contributed by atoms with Gasteiger partial charge in [-0.1, -0.05) is 12.1 Å². The first-order chi connectivity index (χ1) is 12.3. The molecule has 0 unspecified atom stereocenters. The average Bonchev–Trinajstić information content (AvgIpc) is 2.96. The molecule has 0 fully saturated rings. The van der Waals surface area contributed by atoms with E-state index in [0.29, 0.717) is 5.95 Å². The van der Waals surface area contributed by atoms with E-state index in [4.69, 9.17) is 0 Å². The van der Waals surface area contributed by atoms with Gasteiger partial charge in [0.25, 0.3) is 5.56 Å². The Balaban J connectivity index is 2.25.